The average Bonchev–Trinajstić information content (AvgIpc) is 3.59. The van der Waals surface area contributed by atoms with Gasteiger partial charge in [-0.15, -0.1) is 0 Å². The summed E-state index contributed by atoms with van der Waals surface area (Å²) in [6.07, 6.45) is 3.88. The van der Waals surface area contributed by atoms with Crippen LogP contribution < -0.4 is 14.8 Å². The number of amides is 1. The first-order valence-corrected chi connectivity index (χ1v) is 15.1. The van der Waals surface area contributed by atoms with Crippen LogP contribution in [0, 0.1) is 11.7 Å². The number of aromatic nitrogens is 2. The lowest BCUT2D eigenvalue weighted by molar-refractivity contribution is -0.128. The third-order valence-corrected chi connectivity index (χ3v) is 9.96. The van der Waals surface area contributed by atoms with Crippen molar-refractivity contribution in [2.45, 2.75) is 36.4 Å². The van der Waals surface area contributed by atoms with Crippen LogP contribution >= 0.6 is 23.2 Å². The number of nitrogens with one attached hydrogen (secondary N) is 1. The van der Waals surface area contributed by atoms with Crippen LogP contribution in [0.25, 0.3) is 10.9 Å². The van der Waals surface area contributed by atoms with Crippen molar-refractivity contribution in [3.63, 3.8) is 0 Å². The maximum Gasteiger partial charge on any atom is 0.250 e. The number of anilines is 1. The fraction of sp³-hybridized carbons (Fsp3) is 0.344. The van der Waals surface area contributed by atoms with Crippen LogP contribution in [0.15, 0.2) is 53.5 Å². The van der Waals surface area contributed by atoms with E-state index in [0.29, 0.717) is 52.5 Å². The molecule has 1 saturated carbocycles. The molecule has 4 aromatic rings. The molecule has 43 heavy (non-hydrogen) atoms. The van der Waals surface area contributed by atoms with Crippen LogP contribution in [-0.2, 0) is 10.3 Å². The van der Waals surface area contributed by atoms with Crippen molar-refractivity contribution in [2.75, 3.05) is 32.6 Å². The van der Waals surface area contributed by atoms with Crippen molar-refractivity contribution in [3.05, 3.63) is 81.1 Å². The van der Waals surface area contributed by atoms with E-state index in [1.54, 1.807) is 44.6 Å². The summed E-state index contributed by atoms with van der Waals surface area (Å²) < 4.78 is 30.2. The highest BCUT2D eigenvalue weighted by Gasteiger charge is 2.69. The second-order valence-electron chi connectivity index (χ2n) is 11.7. The summed E-state index contributed by atoms with van der Waals surface area (Å²) in [6.45, 7) is 0.970. The van der Waals surface area contributed by atoms with E-state index in [2.05, 4.69) is 15.2 Å². The molecule has 1 N–H and O–H groups in total. The molecule has 0 unspecified atom stereocenters. The van der Waals surface area contributed by atoms with Gasteiger partial charge in [0.1, 0.15) is 29.2 Å². The van der Waals surface area contributed by atoms with Crippen LogP contribution in [0.3, 0.4) is 0 Å². The third-order valence-electron chi connectivity index (χ3n) is 9.44. The Labute approximate surface area is 257 Å². The first-order chi connectivity index (χ1) is 20.9. The molecule has 0 radical (unpaired) electrons. The summed E-state index contributed by atoms with van der Waals surface area (Å²) >= 11 is 12.8. The Balaban J connectivity index is 1.43. The normalized spacial score (nSPS) is 26.1. The minimum Gasteiger partial charge on any atom is -0.496 e. The predicted molar refractivity (Wildman–Crippen MR) is 163 cm³/mol. The molecular weight excluding hydrogens is 592 g/mol. The van der Waals surface area contributed by atoms with Crippen molar-refractivity contribution in [2.24, 2.45) is 10.9 Å². The minimum absolute atomic E-state index is 0.00529. The van der Waals surface area contributed by atoms with Gasteiger partial charge in [-0.05, 0) is 48.6 Å². The van der Waals surface area contributed by atoms with Crippen LogP contribution in [0.1, 0.15) is 41.5 Å². The van der Waals surface area contributed by atoms with Gasteiger partial charge in [0.15, 0.2) is 0 Å². The average molecular weight is 621 g/mol. The lowest BCUT2D eigenvalue weighted by atomic mass is 9.73. The molecule has 4 atom stereocenters. The van der Waals surface area contributed by atoms with Crippen molar-refractivity contribution in [1.29, 1.82) is 0 Å². The minimum atomic E-state index is -1.25. The quantitative estimate of drug-likeness (QED) is 0.269. The molecule has 3 aliphatic heterocycles. The van der Waals surface area contributed by atoms with Gasteiger partial charge in [0.25, 0.3) is 0 Å². The SMILES string of the molecule is C/N=C\c1cc2c3n(nc2cc1OC)[C@@H]1[C@H](CO3)N(CC2CC2)[C@@]2(C(=O)Nc3cc(Cl)ccc32)[C@H]1c1cccc(Cl)c1F. The van der Waals surface area contributed by atoms with Crippen molar-refractivity contribution in [3.8, 4) is 11.6 Å². The van der Waals surface area contributed by atoms with Crippen molar-refractivity contribution >= 4 is 51.9 Å². The summed E-state index contributed by atoms with van der Waals surface area (Å²) in [5.41, 5.74) is 1.97. The molecule has 3 aromatic carbocycles. The summed E-state index contributed by atoms with van der Waals surface area (Å²) in [6, 6.07) is 13.5. The van der Waals surface area contributed by atoms with E-state index in [0.717, 1.165) is 29.4 Å². The lowest BCUT2D eigenvalue weighted by Gasteiger charge is -2.39. The number of fused-ring (bicyclic) bond motifs is 7. The summed E-state index contributed by atoms with van der Waals surface area (Å²) in [4.78, 5) is 21.0. The fourth-order valence-electron chi connectivity index (χ4n) is 7.55. The van der Waals surface area contributed by atoms with Crippen LogP contribution in [0.4, 0.5) is 10.1 Å². The largest absolute Gasteiger partial charge is 0.496 e. The van der Waals surface area contributed by atoms with E-state index in [4.69, 9.17) is 37.8 Å². The molecular formula is C32H28Cl2FN5O3. The Morgan fingerprint density at radius 2 is 2.07 bits per heavy atom. The van der Waals surface area contributed by atoms with Gasteiger partial charge < -0.3 is 14.8 Å². The van der Waals surface area contributed by atoms with Crippen molar-refractivity contribution < 1.29 is 18.7 Å². The Bertz CT molecular complexity index is 1860. The van der Waals surface area contributed by atoms with Crippen LogP contribution in [0.5, 0.6) is 11.6 Å². The van der Waals surface area contributed by atoms with E-state index >= 15 is 4.39 Å². The molecule has 1 aliphatic carbocycles. The first-order valence-electron chi connectivity index (χ1n) is 14.3. The number of likely N-dealkylation sites (tertiary alicyclic amines) is 1. The highest BCUT2D eigenvalue weighted by Crippen LogP contribution is 2.63. The van der Waals surface area contributed by atoms with E-state index in [1.165, 1.54) is 6.07 Å². The smallest absolute Gasteiger partial charge is 0.250 e. The Morgan fingerprint density at radius 3 is 2.84 bits per heavy atom. The Morgan fingerprint density at radius 1 is 1.23 bits per heavy atom. The number of ether oxygens (including phenoxy) is 2. The first kappa shape index (κ1) is 26.9. The van der Waals surface area contributed by atoms with E-state index < -0.39 is 23.3 Å². The zero-order chi connectivity index (χ0) is 29.6. The molecule has 11 heteroatoms. The van der Waals surface area contributed by atoms with Gasteiger partial charge in [-0.2, -0.15) is 5.10 Å². The summed E-state index contributed by atoms with van der Waals surface area (Å²) in [5.74, 6) is 0.182. The Hall–Kier alpha value is -3.66. The van der Waals surface area contributed by atoms with Gasteiger partial charge in [-0.3, -0.25) is 14.7 Å². The third kappa shape index (κ3) is 3.74. The number of halogens is 3. The van der Waals surface area contributed by atoms with E-state index in [1.807, 2.05) is 22.9 Å². The highest BCUT2D eigenvalue weighted by molar-refractivity contribution is 6.31. The molecule has 1 spiro atoms. The molecule has 0 bridgehead atoms. The zero-order valence-electron chi connectivity index (χ0n) is 23.5. The number of methoxy groups -OCH3 is 1. The molecule has 2 fully saturated rings. The maximum atomic E-state index is 16.2. The number of nitrogens with zero attached hydrogens (tertiary/aromatic N) is 4. The molecule has 4 heterocycles. The highest BCUT2D eigenvalue weighted by atomic mass is 35.5. The molecule has 4 aliphatic rings. The van der Waals surface area contributed by atoms with Crippen molar-refractivity contribution in [1.82, 2.24) is 14.7 Å². The van der Waals surface area contributed by atoms with E-state index in [9.17, 15) is 4.79 Å². The number of aliphatic imine (C=N–C) groups is 1. The second-order valence-corrected chi connectivity index (χ2v) is 12.6. The van der Waals surface area contributed by atoms with Gasteiger partial charge in [-0.1, -0.05) is 41.4 Å². The molecule has 8 rings (SSSR count). The second kappa shape index (κ2) is 9.67. The molecule has 1 aromatic heterocycles. The molecule has 1 saturated heterocycles. The van der Waals surface area contributed by atoms with Gasteiger partial charge in [0, 0.05) is 53.6 Å². The fourth-order valence-corrected chi connectivity index (χ4v) is 7.91. The number of carbonyl (C=O) groups excluding carboxylic acids is 1. The van der Waals surface area contributed by atoms with Gasteiger partial charge in [0.2, 0.25) is 11.8 Å². The van der Waals surface area contributed by atoms with Gasteiger partial charge in [-0.25, -0.2) is 9.07 Å². The number of rotatable bonds is 5. The van der Waals surface area contributed by atoms with Crippen LogP contribution in [-0.4, -0.2) is 60.2 Å². The zero-order valence-corrected chi connectivity index (χ0v) is 25.0. The lowest BCUT2D eigenvalue weighted by Crippen LogP contribution is -2.54. The number of carbonyl (C=O) groups is 1. The monoisotopic (exact) mass is 619 g/mol. The molecule has 1 amide bonds. The van der Waals surface area contributed by atoms with Crippen LogP contribution in [0.2, 0.25) is 10.0 Å². The number of hydrogen-bond acceptors (Lipinski definition) is 6. The topological polar surface area (TPSA) is 81.0 Å². The maximum absolute atomic E-state index is 16.2. The Kier molecular flexibility index (Phi) is 6.06. The van der Waals surface area contributed by atoms with Gasteiger partial charge in [0.05, 0.1) is 29.6 Å². The summed E-state index contributed by atoms with van der Waals surface area (Å²) in [7, 11) is 3.31. The standard InChI is InChI=1S/C32H28Cl2FN5O3/c1-36-13-17-10-20-23(12-26(17)42-2)38-40-29-25(15-43-30(20)40)39(14-16-6-7-16)32(27(29)19-4-3-5-22(34)28(19)35)21-9-8-18(33)11-24(21)37-31(32)41/h3-5,8-13,16,25,27,29H,6-7,14-15H2,1-2H3,(H,37,41)/b36-13-/t25-,27-,29+,32+/m0/s1. The predicted octanol–water partition coefficient (Wildman–Crippen LogP) is 6.20. The molecule has 8 nitrogen and oxygen atoms in total. The summed E-state index contributed by atoms with van der Waals surface area (Å²) in [5, 5.41) is 9.45. The molecule has 220 valence electrons. The van der Waals surface area contributed by atoms with E-state index in [-0.39, 0.29) is 17.0 Å². The van der Waals surface area contributed by atoms with Gasteiger partial charge >= 0.3 is 0 Å². The number of benzene rings is 3. The number of hydrogen-bond donors (Lipinski definition) is 1.